The van der Waals surface area contributed by atoms with Crippen molar-refractivity contribution in [2.45, 2.75) is 32.5 Å². The van der Waals surface area contributed by atoms with Gasteiger partial charge in [-0.3, -0.25) is 9.69 Å². The maximum absolute atomic E-state index is 9.92. The Balaban J connectivity index is 0.000001000. The Morgan fingerprint density at radius 2 is 2.36 bits per heavy atom. The van der Waals surface area contributed by atoms with E-state index in [1.54, 1.807) is 0 Å². The number of halogens is 1. The Labute approximate surface area is 73.1 Å². The van der Waals surface area contributed by atoms with Gasteiger partial charge in [0.05, 0.1) is 0 Å². The molecule has 11 heavy (non-hydrogen) atoms. The monoisotopic (exact) mass is 179 g/mol. The Hall–Kier alpha value is -0.280. The van der Waals surface area contributed by atoms with E-state index in [1.807, 2.05) is 6.92 Å². The smallest absolute Gasteiger partial charge is 0.294 e. The van der Waals surface area contributed by atoms with Gasteiger partial charge < -0.3 is 4.74 Å². The summed E-state index contributed by atoms with van der Waals surface area (Å²) in [6, 6.07) is 0.579. The minimum atomic E-state index is -0.0405. The van der Waals surface area contributed by atoms with Crippen molar-refractivity contribution in [3.05, 3.63) is 0 Å². The van der Waals surface area contributed by atoms with E-state index in [0.29, 0.717) is 12.5 Å². The van der Waals surface area contributed by atoms with E-state index in [0.717, 1.165) is 6.54 Å². The first kappa shape index (κ1) is 10.7. The van der Waals surface area contributed by atoms with Crippen molar-refractivity contribution in [3.8, 4) is 0 Å². The normalized spacial score (nSPS) is 26.2. The molecule has 0 aromatic heterocycles. The van der Waals surface area contributed by atoms with Gasteiger partial charge in [-0.2, -0.15) is 0 Å². The summed E-state index contributed by atoms with van der Waals surface area (Å²) in [6.07, 6.45) is 1.17. The van der Waals surface area contributed by atoms with E-state index in [1.165, 1.54) is 6.42 Å². The molecule has 0 aliphatic carbocycles. The highest BCUT2D eigenvalue weighted by molar-refractivity contribution is 5.85. The summed E-state index contributed by atoms with van der Waals surface area (Å²) < 4.78 is 4.76. The van der Waals surface area contributed by atoms with Gasteiger partial charge in [-0.1, -0.05) is 0 Å². The van der Waals surface area contributed by atoms with Crippen LogP contribution in [0, 0.1) is 0 Å². The van der Waals surface area contributed by atoms with Gasteiger partial charge in [0.2, 0.25) is 0 Å². The summed E-state index contributed by atoms with van der Waals surface area (Å²) in [5, 5.41) is 0. The van der Waals surface area contributed by atoms with Gasteiger partial charge in [0.1, 0.15) is 0 Å². The predicted octanol–water partition coefficient (Wildman–Crippen LogP) is 1.02. The number of hydrogen-bond acceptors (Lipinski definition) is 3. The fourth-order valence-corrected chi connectivity index (χ4v) is 1.24. The molecule has 1 heterocycles. The van der Waals surface area contributed by atoms with Gasteiger partial charge in [0.25, 0.3) is 6.47 Å². The number of nitrogens with zero attached hydrogens (tertiary/aromatic N) is 1. The highest BCUT2D eigenvalue weighted by Crippen LogP contribution is 2.19. The van der Waals surface area contributed by atoms with Crippen molar-refractivity contribution in [2.24, 2.45) is 0 Å². The summed E-state index contributed by atoms with van der Waals surface area (Å²) in [6.45, 7) is 5.59. The van der Waals surface area contributed by atoms with Gasteiger partial charge in [-0.05, 0) is 20.3 Å². The van der Waals surface area contributed by atoms with E-state index in [-0.39, 0.29) is 18.6 Å². The lowest BCUT2D eigenvalue weighted by Gasteiger charge is -2.41. The molecule has 1 saturated heterocycles. The third kappa shape index (κ3) is 2.34. The molecule has 0 radical (unpaired) electrons. The maximum Gasteiger partial charge on any atom is 0.294 e. The third-order valence-corrected chi connectivity index (χ3v) is 2.09. The molecule has 0 aromatic rings. The van der Waals surface area contributed by atoms with Crippen molar-refractivity contribution < 1.29 is 9.53 Å². The van der Waals surface area contributed by atoms with E-state index in [9.17, 15) is 4.79 Å². The first-order chi connectivity index (χ1) is 4.75. The van der Waals surface area contributed by atoms with Gasteiger partial charge in [-0.25, -0.2) is 0 Å². The fraction of sp³-hybridized carbons (Fsp3) is 0.857. The second-order valence-corrected chi connectivity index (χ2v) is 2.71. The molecule has 0 spiro atoms. The van der Waals surface area contributed by atoms with E-state index in [2.05, 4.69) is 11.8 Å². The summed E-state index contributed by atoms with van der Waals surface area (Å²) in [5.74, 6) is 0. The summed E-state index contributed by atoms with van der Waals surface area (Å²) in [4.78, 5) is 12.1. The molecule has 1 aliphatic rings. The van der Waals surface area contributed by atoms with Crippen LogP contribution in [-0.4, -0.2) is 30.2 Å². The van der Waals surface area contributed by atoms with Crippen LogP contribution in [0.5, 0.6) is 0 Å². The number of carbonyl (C=O) groups excluding carboxylic acids is 1. The molecule has 66 valence electrons. The average Bonchev–Trinajstić information content (AvgIpc) is 1.85. The molecule has 0 bridgehead atoms. The highest BCUT2D eigenvalue weighted by atomic mass is 35.5. The molecule has 0 amide bonds. The topological polar surface area (TPSA) is 29.5 Å². The number of carbonyl (C=O) groups is 1. The average molecular weight is 180 g/mol. The largest absolute Gasteiger partial charge is 0.449 e. The molecule has 1 fully saturated rings. The van der Waals surface area contributed by atoms with Crippen LogP contribution in [-0.2, 0) is 9.53 Å². The van der Waals surface area contributed by atoms with Crippen molar-refractivity contribution in [1.29, 1.82) is 0 Å². The zero-order valence-electron chi connectivity index (χ0n) is 6.82. The Kier molecular flexibility index (Phi) is 4.45. The lowest BCUT2D eigenvalue weighted by atomic mass is 10.1. The Morgan fingerprint density at radius 3 is 2.64 bits per heavy atom. The lowest BCUT2D eigenvalue weighted by molar-refractivity contribution is -0.149. The lowest BCUT2D eigenvalue weighted by Crippen LogP contribution is -2.51. The number of hydrogen-bond donors (Lipinski definition) is 0. The van der Waals surface area contributed by atoms with Crippen LogP contribution in [0.15, 0.2) is 0 Å². The first-order valence-electron chi connectivity index (χ1n) is 3.60. The Bertz CT molecular complexity index is 132. The Morgan fingerprint density at radius 1 is 1.73 bits per heavy atom. The molecule has 2 atom stereocenters. The molecular weight excluding hydrogens is 166 g/mol. The van der Waals surface area contributed by atoms with Gasteiger partial charge in [0, 0.05) is 12.6 Å². The maximum atomic E-state index is 9.92. The number of likely N-dealkylation sites (tertiary alicyclic amines) is 1. The van der Waals surface area contributed by atoms with Gasteiger partial charge in [-0.15, -0.1) is 12.4 Å². The van der Waals surface area contributed by atoms with Gasteiger partial charge >= 0.3 is 0 Å². The van der Waals surface area contributed by atoms with Crippen LogP contribution in [0.3, 0.4) is 0 Å². The van der Waals surface area contributed by atoms with Crippen LogP contribution in [0.1, 0.15) is 20.3 Å². The molecule has 2 unspecified atom stereocenters. The summed E-state index contributed by atoms with van der Waals surface area (Å²) >= 11 is 0. The van der Waals surface area contributed by atoms with Crippen molar-refractivity contribution >= 4 is 18.9 Å². The molecule has 0 aromatic carbocycles. The molecule has 0 N–H and O–H groups in total. The van der Waals surface area contributed by atoms with Crippen LogP contribution < -0.4 is 0 Å². The molecule has 3 nitrogen and oxygen atoms in total. The van der Waals surface area contributed by atoms with Crippen molar-refractivity contribution in [3.63, 3.8) is 0 Å². The standard InChI is InChI=1S/C7H13NO2.ClH/c1-6-3-4-8(6)7(2)10-5-9;/h5-7H,3-4H2,1-2H3;1H. The number of rotatable bonds is 3. The number of ether oxygens (including phenoxy) is 1. The van der Waals surface area contributed by atoms with Crippen molar-refractivity contribution in [1.82, 2.24) is 4.90 Å². The van der Waals surface area contributed by atoms with Gasteiger partial charge in [0.15, 0.2) is 6.23 Å². The van der Waals surface area contributed by atoms with Crippen LogP contribution in [0.4, 0.5) is 0 Å². The van der Waals surface area contributed by atoms with E-state index in [4.69, 9.17) is 4.74 Å². The molecule has 1 rings (SSSR count). The fourth-order valence-electron chi connectivity index (χ4n) is 1.24. The zero-order chi connectivity index (χ0) is 7.56. The minimum absolute atomic E-state index is 0. The second kappa shape index (κ2) is 4.57. The SMILES string of the molecule is CC1CCN1C(C)OC=O.Cl. The molecule has 1 aliphatic heterocycles. The quantitative estimate of drug-likeness (QED) is 0.606. The van der Waals surface area contributed by atoms with Crippen molar-refractivity contribution in [2.75, 3.05) is 6.54 Å². The third-order valence-electron chi connectivity index (χ3n) is 2.09. The van der Waals surface area contributed by atoms with Crippen LogP contribution >= 0.6 is 12.4 Å². The van der Waals surface area contributed by atoms with E-state index >= 15 is 0 Å². The molecular formula is C7H14ClNO2. The zero-order valence-corrected chi connectivity index (χ0v) is 7.63. The highest BCUT2D eigenvalue weighted by Gasteiger charge is 2.28. The first-order valence-corrected chi connectivity index (χ1v) is 3.60. The summed E-state index contributed by atoms with van der Waals surface area (Å²) in [7, 11) is 0. The minimum Gasteiger partial charge on any atom is -0.449 e. The van der Waals surface area contributed by atoms with Crippen LogP contribution in [0.2, 0.25) is 0 Å². The van der Waals surface area contributed by atoms with E-state index < -0.39 is 0 Å². The van der Waals surface area contributed by atoms with Crippen LogP contribution in [0.25, 0.3) is 0 Å². The molecule has 4 heteroatoms. The predicted molar refractivity (Wildman–Crippen MR) is 44.6 cm³/mol. The second-order valence-electron chi connectivity index (χ2n) is 2.71. The molecule has 0 saturated carbocycles. The summed E-state index contributed by atoms with van der Waals surface area (Å²) in [5.41, 5.74) is 0.